The van der Waals surface area contributed by atoms with E-state index in [1.54, 1.807) is 12.0 Å². The van der Waals surface area contributed by atoms with Gasteiger partial charge in [-0.2, -0.15) is 5.06 Å². The average molecular weight is 592 g/mol. The number of nitrogens with zero attached hydrogens (tertiary/aromatic N) is 1. The van der Waals surface area contributed by atoms with Gasteiger partial charge in [0.1, 0.15) is 23.6 Å². The molecule has 4 atom stereocenters. The third kappa shape index (κ3) is 6.54. The molecule has 0 unspecified atom stereocenters. The monoisotopic (exact) mass is 591 g/mol. The Morgan fingerprint density at radius 2 is 1.59 bits per heavy atom. The number of aromatic amines is 1. The number of hydroxylamine groups is 2. The first-order valence-electron chi connectivity index (χ1n) is 15.0. The molecule has 2 heterocycles. The Kier molecular flexibility index (Phi) is 9.04. The molecule has 1 aromatic heterocycles. The molecule has 8 nitrogen and oxygen atoms in total. The number of aliphatic hydroxyl groups excluding tert-OH is 2. The Hall–Kier alpha value is -4.47. The Morgan fingerprint density at radius 1 is 0.932 bits per heavy atom. The summed E-state index contributed by atoms with van der Waals surface area (Å²) < 4.78 is 5.91. The SMILES string of the molecule is C[C@H](O)[C@@H]1ON(Cc2ccc(-c3ccc(Oc4ccccc4)cc3)cc2)[C@H](C(=O)NCCc2c[nH]c3ccccc23)[C@@H]1CO. The minimum Gasteiger partial charge on any atom is -0.457 e. The highest BCUT2D eigenvalue weighted by Crippen LogP contribution is 2.32. The predicted molar refractivity (Wildman–Crippen MR) is 170 cm³/mol. The van der Waals surface area contributed by atoms with Crippen LogP contribution in [0.25, 0.3) is 22.0 Å². The van der Waals surface area contributed by atoms with Gasteiger partial charge in [0.05, 0.1) is 19.3 Å². The molecule has 4 aromatic carbocycles. The molecule has 6 rings (SSSR count). The van der Waals surface area contributed by atoms with Gasteiger partial charge in [0, 0.05) is 29.6 Å². The molecule has 5 aromatic rings. The summed E-state index contributed by atoms with van der Waals surface area (Å²) in [5.41, 5.74) is 5.22. The summed E-state index contributed by atoms with van der Waals surface area (Å²) in [5, 5.41) is 26.4. The highest BCUT2D eigenvalue weighted by molar-refractivity contribution is 5.84. The Bertz CT molecular complexity index is 1670. The zero-order valence-corrected chi connectivity index (χ0v) is 24.6. The van der Waals surface area contributed by atoms with Crippen molar-refractivity contribution in [1.29, 1.82) is 0 Å². The molecule has 0 radical (unpaired) electrons. The van der Waals surface area contributed by atoms with Crippen molar-refractivity contribution in [3.8, 4) is 22.6 Å². The molecule has 1 aliphatic rings. The molecule has 0 spiro atoms. The number of hydrogen-bond donors (Lipinski definition) is 4. The molecule has 1 amide bonds. The van der Waals surface area contributed by atoms with Gasteiger partial charge in [0.15, 0.2) is 0 Å². The first-order valence-corrected chi connectivity index (χ1v) is 15.0. The van der Waals surface area contributed by atoms with Gasteiger partial charge in [0.25, 0.3) is 0 Å². The first-order chi connectivity index (χ1) is 21.5. The lowest BCUT2D eigenvalue weighted by Gasteiger charge is -2.24. The van der Waals surface area contributed by atoms with Crippen LogP contribution in [-0.4, -0.2) is 57.6 Å². The van der Waals surface area contributed by atoms with Crippen LogP contribution in [0.2, 0.25) is 0 Å². The van der Waals surface area contributed by atoms with Gasteiger partial charge in [-0.1, -0.05) is 72.8 Å². The fourth-order valence-corrected chi connectivity index (χ4v) is 5.89. The van der Waals surface area contributed by atoms with E-state index in [0.29, 0.717) is 19.5 Å². The maximum Gasteiger partial charge on any atom is 0.240 e. The first kappa shape index (κ1) is 29.6. The normalized spacial score (nSPS) is 19.2. The topological polar surface area (TPSA) is 107 Å². The van der Waals surface area contributed by atoms with Crippen molar-refractivity contribution in [2.24, 2.45) is 5.92 Å². The lowest BCUT2D eigenvalue weighted by atomic mass is 9.92. The molecule has 1 fully saturated rings. The van der Waals surface area contributed by atoms with Crippen molar-refractivity contribution in [2.45, 2.75) is 38.1 Å². The number of fused-ring (bicyclic) bond motifs is 1. The van der Waals surface area contributed by atoms with Crippen LogP contribution in [0, 0.1) is 5.92 Å². The Balaban J connectivity index is 1.11. The van der Waals surface area contributed by atoms with Crippen LogP contribution in [0.5, 0.6) is 11.5 Å². The average Bonchev–Trinajstić information content (AvgIpc) is 3.64. The molecular weight excluding hydrogens is 554 g/mol. The number of amides is 1. The van der Waals surface area contributed by atoms with Crippen molar-refractivity contribution in [2.75, 3.05) is 13.2 Å². The van der Waals surface area contributed by atoms with Gasteiger partial charge in [-0.15, -0.1) is 0 Å². The summed E-state index contributed by atoms with van der Waals surface area (Å²) in [6.07, 6.45) is 1.08. The van der Waals surface area contributed by atoms with Gasteiger partial charge in [0.2, 0.25) is 5.91 Å². The van der Waals surface area contributed by atoms with Gasteiger partial charge >= 0.3 is 0 Å². The van der Waals surface area contributed by atoms with E-state index in [2.05, 4.69) is 16.4 Å². The van der Waals surface area contributed by atoms with Crippen molar-refractivity contribution >= 4 is 16.8 Å². The standard InChI is InChI=1S/C36H37N3O5/c1-24(41)35-32(23-40)34(36(42)37-20-19-28-21-38-33-10-6-5-9-31(28)33)39(44-35)22-25-11-13-26(14-12-25)27-15-17-30(18-16-27)43-29-7-3-2-4-8-29/h2-18,21,24,32,34-35,38,40-41H,19-20,22-23H2,1H3,(H,37,42)/t24-,32-,34-,35-/m0/s1. The van der Waals surface area contributed by atoms with Crippen LogP contribution in [-0.2, 0) is 22.6 Å². The summed E-state index contributed by atoms with van der Waals surface area (Å²) in [5.74, 6) is 0.747. The maximum absolute atomic E-state index is 13.5. The van der Waals surface area contributed by atoms with E-state index in [0.717, 1.165) is 44.7 Å². The molecule has 1 saturated heterocycles. The molecule has 226 valence electrons. The van der Waals surface area contributed by atoms with Crippen LogP contribution < -0.4 is 10.1 Å². The number of ether oxygens (including phenoxy) is 1. The van der Waals surface area contributed by atoms with E-state index in [9.17, 15) is 15.0 Å². The molecule has 1 aliphatic heterocycles. The number of hydrogen-bond acceptors (Lipinski definition) is 6. The van der Waals surface area contributed by atoms with Crippen molar-refractivity contribution in [3.63, 3.8) is 0 Å². The van der Waals surface area contributed by atoms with E-state index in [1.165, 1.54) is 0 Å². The number of aromatic nitrogens is 1. The Labute approximate surface area is 256 Å². The lowest BCUT2D eigenvalue weighted by Crippen LogP contribution is -2.48. The molecule has 8 heteroatoms. The number of para-hydroxylation sites is 2. The van der Waals surface area contributed by atoms with Crippen molar-refractivity contribution < 1.29 is 24.6 Å². The van der Waals surface area contributed by atoms with Crippen LogP contribution in [0.15, 0.2) is 109 Å². The van der Waals surface area contributed by atoms with E-state index in [4.69, 9.17) is 9.57 Å². The highest BCUT2D eigenvalue weighted by Gasteiger charge is 2.48. The fraction of sp³-hybridized carbons (Fsp3) is 0.250. The number of rotatable bonds is 11. The summed E-state index contributed by atoms with van der Waals surface area (Å²) in [7, 11) is 0. The number of aliphatic hydroxyl groups is 2. The molecule has 0 saturated carbocycles. The van der Waals surface area contributed by atoms with Gasteiger partial charge in [-0.25, -0.2) is 0 Å². The Morgan fingerprint density at radius 3 is 2.30 bits per heavy atom. The molecule has 0 bridgehead atoms. The maximum atomic E-state index is 13.5. The zero-order valence-electron chi connectivity index (χ0n) is 24.6. The van der Waals surface area contributed by atoms with Crippen molar-refractivity contribution in [3.05, 3.63) is 120 Å². The predicted octanol–water partition coefficient (Wildman–Crippen LogP) is 5.46. The fourth-order valence-electron chi connectivity index (χ4n) is 5.89. The quantitative estimate of drug-likeness (QED) is 0.163. The van der Waals surface area contributed by atoms with Gasteiger partial charge in [-0.05, 0) is 65.9 Å². The summed E-state index contributed by atoms with van der Waals surface area (Å²) >= 11 is 0. The molecule has 44 heavy (non-hydrogen) atoms. The second-order valence-electron chi connectivity index (χ2n) is 11.2. The third-order valence-electron chi connectivity index (χ3n) is 8.18. The van der Waals surface area contributed by atoms with E-state index >= 15 is 0 Å². The number of nitrogens with one attached hydrogen (secondary N) is 2. The van der Waals surface area contributed by atoms with Crippen LogP contribution in [0.1, 0.15) is 18.1 Å². The second kappa shape index (κ2) is 13.4. The molecule has 4 N–H and O–H groups in total. The highest BCUT2D eigenvalue weighted by atomic mass is 16.7. The van der Waals surface area contributed by atoms with Crippen molar-refractivity contribution in [1.82, 2.24) is 15.4 Å². The minimum atomic E-state index is -0.852. The number of benzene rings is 4. The number of carbonyl (C=O) groups excluding carboxylic acids is 1. The van der Waals surface area contributed by atoms with Gasteiger partial charge in [-0.3, -0.25) is 9.63 Å². The minimum absolute atomic E-state index is 0.235. The second-order valence-corrected chi connectivity index (χ2v) is 11.2. The van der Waals surface area contributed by atoms with Crippen LogP contribution >= 0.6 is 0 Å². The van der Waals surface area contributed by atoms with E-state index in [1.807, 2.05) is 103 Å². The van der Waals surface area contributed by atoms with E-state index in [-0.39, 0.29) is 12.5 Å². The summed E-state index contributed by atoms with van der Waals surface area (Å²) in [4.78, 5) is 22.9. The van der Waals surface area contributed by atoms with E-state index < -0.39 is 24.2 Å². The number of H-pyrrole nitrogens is 1. The van der Waals surface area contributed by atoms with Crippen LogP contribution in [0.3, 0.4) is 0 Å². The third-order valence-corrected chi connectivity index (χ3v) is 8.18. The number of carbonyl (C=O) groups is 1. The van der Waals surface area contributed by atoms with Crippen LogP contribution in [0.4, 0.5) is 0 Å². The largest absolute Gasteiger partial charge is 0.457 e. The smallest absolute Gasteiger partial charge is 0.240 e. The summed E-state index contributed by atoms with van der Waals surface area (Å²) in [6, 6.07) is 33.0. The zero-order chi connectivity index (χ0) is 30.5. The summed E-state index contributed by atoms with van der Waals surface area (Å²) in [6.45, 7) is 2.10. The molecule has 0 aliphatic carbocycles. The lowest BCUT2D eigenvalue weighted by molar-refractivity contribution is -0.192. The molecular formula is C36H37N3O5. The van der Waals surface area contributed by atoms with Gasteiger partial charge < -0.3 is 25.3 Å².